The molecule has 0 saturated carbocycles. The van der Waals surface area contributed by atoms with Crippen LogP contribution in [0, 0.1) is 11.8 Å². The Hall–Kier alpha value is -1.93. The lowest BCUT2D eigenvalue weighted by atomic mass is 9.70. The van der Waals surface area contributed by atoms with Crippen molar-refractivity contribution in [3.63, 3.8) is 0 Å². The Morgan fingerprint density at radius 2 is 2.14 bits per heavy atom. The van der Waals surface area contributed by atoms with E-state index in [4.69, 9.17) is 4.74 Å². The molecule has 3 aliphatic heterocycles. The summed E-state index contributed by atoms with van der Waals surface area (Å²) >= 11 is 0. The Labute approximate surface area is 171 Å². The molecule has 1 unspecified atom stereocenters. The van der Waals surface area contributed by atoms with E-state index >= 15 is 0 Å². The molecule has 0 radical (unpaired) electrons. The molecule has 8 heteroatoms. The highest BCUT2D eigenvalue weighted by Crippen LogP contribution is 2.59. The second kappa shape index (κ2) is 8.07. The highest BCUT2D eigenvalue weighted by Gasteiger charge is 2.75. The SMILES string of the molecule is C=CCN(C(=O)[C@@H]1N([C@H](C)CO)C(=O)[C@H]2[C@H](C(=O)O)[C@@H]3CC[C@]12O3)C(C)CCC. The summed E-state index contributed by atoms with van der Waals surface area (Å²) in [5.41, 5.74) is -1.14. The summed E-state index contributed by atoms with van der Waals surface area (Å²) in [6.45, 7) is 9.45. The van der Waals surface area contributed by atoms with Gasteiger partial charge in [0.25, 0.3) is 0 Å². The van der Waals surface area contributed by atoms with Crippen LogP contribution in [-0.2, 0) is 19.1 Å². The number of carboxylic acids is 1. The van der Waals surface area contributed by atoms with Gasteiger partial charge in [-0.15, -0.1) is 6.58 Å². The van der Waals surface area contributed by atoms with Crippen molar-refractivity contribution < 1.29 is 29.3 Å². The largest absolute Gasteiger partial charge is 0.481 e. The second-order valence-electron chi connectivity index (χ2n) is 8.59. The van der Waals surface area contributed by atoms with E-state index in [2.05, 4.69) is 6.58 Å². The van der Waals surface area contributed by atoms with Crippen molar-refractivity contribution in [2.24, 2.45) is 11.8 Å². The Morgan fingerprint density at radius 1 is 1.45 bits per heavy atom. The molecular formula is C21H32N2O6. The van der Waals surface area contributed by atoms with E-state index in [1.807, 2.05) is 13.8 Å². The highest BCUT2D eigenvalue weighted by atomic mass is 16.5. The molecule has 2 bridgehead atoms. The first-order valence-electron chi connectivity index (χ1n) is 10.5. The Bertz CT molecular complexity index is 697. The minimum Gasteiger partial charge on any atom is -0.481 e. The van der Waals surface area contributed by atoms with Crippen LogP contribution in [0.25, 0.3) is 0 Å². The van der Waals surface area contributed by atoms with E-state index in [9.17, 15) is 24.6 Å². The molecule has 0 aromatic heterocycles. The minimum absolute atomic E-state index is 0.0591. The van der Waals surface area contributed by atoms with Gasteiger partial charge in [-0.2, -0.15) is 0 Å². The van der Waals surface area contributed by atoms with Crippen molar-refractivity contribution >= 4 is 17.8 Å². The fraction of sp³-hybridized carbons (Fsp3) is 0.762. The van der Waals surface area contributed by atoms with Gasteiger partial charge in [-0.05, 0) is 33.1 Å². The number of amides is 2. The van der Waals surface area contributed by atoms with Gasteiger partial charge in [0.15, 0.2) is 0 Å². The summed E-state index contributed by atoms with van der Waals surface area (Å²) in [4.78, 5) is 42.2. The van der Waals surface area contributed by atoms with Crippen molar-refractivity contribution in [3.05, 3.63) is 12.7 Å². The molecule has 7 atom stereocenters. The summed E-state index contributed by atoms with van der Waals surface area (Å²) in [6.07, 6.45) is 3.78. The smallest absolute Gasteiger partial charge is 0.310 e. The predicted molar refractivity (Wildman–Crippen MR) is 105 cm³/mol. The van der Waals surface area contributed by atoms with E-state index in [1.54, 1.807) is 17.9 Å². The molecule has 3 aliphatic rings. The first-order valence-corrected chi connectivity index (χ1v) is 10.5. The average molecular weight is 408 g/mol. The van der Waals surface area contributed by atoms with Crippen LogP contribution < -0.4 is 0 Å². The monoisotopic (exact) mass is 408 g/mol. The van der Waals surface area contributed by atoms with Crippen LogP contribution in [0.3, 0.4) is 0 Å². The second-order valence-corrected chi connectivity index (χ2v) is 8.59. The predicted octanol–water partition coefficient (Wildman–Crippen LogP) is 1.03. The van der Waals surface area contributed by atoms with Crippen molar-refractivity contribution in [2.75, 3.05) is 13.2 Å². The molecule has 2 N–H and O–H groups in total. The van der Waals surface area contributed by atoms with Crippen LogP contribution in [0.15, 0.2) is 12.7 Å². The summed E-state index contributed by atoms with van der Waals surface area (Å²) < 4.78 is 6.16. The number of carboxylic acid groups (broad SMARTS) is 1. The quantitative estimate of drug-likeness (QED) is 0.552. The van der Waals surface area contributed by atoms with Crippen LogP contribution in [0.2, 0.25) is 0 Å². The van der Waals surface area contributed by atoms with Crippen LogP contribution in [0.4, 0.5) is 0 Å². The van der Waals surface area contributed by atoms with Gasteiger partial charge in [0.1, 0.15) is 11.6 Å². The van der Waals surface area contributed by atoms with Crippen molar-refractivity contribution in [2.45, 2.75) is 76.3 Å². The van der Waals surface area contributed by atoms with E-state index in [0.717, 1.165) is 12.8 Å². The van der Waals surface area contributed by atoms with E-state index in [-0.39, 0.29) is 18.6 Å². The summed E-state index contributed by atoms with van der Waals surface area (Å²) in [5.74, 6) is -3.58. The number of nitrogens with zero attached hydrogens (tertiary/aromatic N) is 2. The van der Waals surface area contributed by atoms with E-state index < -0.39 is 47.5 Å². The number of aliphatic hydroxyl groups is 1. The average Bonchev–Trinajstić information content (AvgIpc) is 3.32. The number of aliphatic carboxylic acids is 1. The van der Waals surface area contributed by atoms with Gasteiger partial charge in [0, 0.05) is 12.6 Å². The molecule has 3 rings (SSSR count). The molecular weight excluding hydrogens is 376 g/mol. The van der Waals surface area contributed by atoms with Gasteiger partial charge in [0.05, 0.1) is 30.6 Å². The van der Waals surface area contributed by atoms with Crippen molar-refractivity contribution in [1.29, 1.82) is 0 Å². The summed E-state index contributed by atoms with van der Waals surface area (Å²) in [7, 11) is 0. The molecule has 3 saturated heterocycles. The minimum atomic E-state index is -1.14. The third kappa shape index (κ3) is 3.17. The van der Waals surface area contributed by atoms with Gasteiger partial charge in [-0.25, -0.2) is 0 Å². The fourth-order valence-electron chi connectivity index (χ4n) is 5.57. The Kier molecular flexibility index (Phi) is 6.06. The van der Waals surface area contributed by atoms with Gasteiger partial charge in [-0.1, -0.05) is 19.4 Å². The van der Waals surface area contributed by atoms with Crippen LogP contribution in [-0.4, -0.2) is 80.8 Å². The molecule has 2 amide bonds. The maximum absolute atomic E-state index is 13.8. The highest BCUT2D eigenvalue weighted by molar-refractivity contribution is 5.98. The molecule has 0 aliphatic carbocycles. The van der Waals surface area contributed by atoms with Crippen molar-refractivity contribution in [3.8, 4) is 0 Å². The zero-order valence-electron chi connectivity index (χ0n) is 17.4. The first kappa shape index (κ1) is 21.8. The van der Waals surface area contributed by atoms with Gasteiger partial charge >= 0.3 is 5.97 Å². The number of carbonyl (C=O) groups is 3. The molecule has 29 heavy (non-hydrogen) atoms. The molecule has 1 spiro atoms. The zero-order valence-corrected chi connectivity index (χ0v) is 17.4. The van der Waals surface area contributed by atoms with E-state index in [1.165, 1.54) is 4.90 Å². The Morgan fingerprint density at radius 3 is 2.69 bits per heavy atom. The number of fused-ring (bicyclic) bond motifs is 1. The number of aliphatic hydroxyl groups excluding tert-OH is 1. The van der Waals surface area contributed by atoms with E-state index in [0.29, 0.717) is 19.4 Å². The number of likely N-dealkylation sites (tertiary alicyclic amines) is 1. The van der Waals surface area contributed by atoms with Gasteiger partial charge in [0.2, 0.25) is 11.8 Å². The zero-order chi connectivity index (χ0) is 21.5. The normalized spacial score (nSPS) is 34.8. The number of hydrogen-bond donors (Lipinski definition) is 2. The van der Waals surface area contributed by atoms with Gasteiger partial charge < -0.3 is 24.7 Å². The molecule has 3 heterocycles. The topological polar surface area (TPSA) is 107 Å². The fourth-order valence-corrected chi connectivity index (χ4v) is 5.57. The third-order valence-corrected chi connectivity index (χ3v) is 6.84. The van der Waals surface area contributed by atoms with Crippen LogP contribution in [0.1, 0.15) is 46.5 Å². The maximum Gasteiger partial charge on any atom is 0.310 e. The van der Waals surface area contributed by atoms with Crippen molar-refractivity contribution in [1.82, 2.24) is 9.80 Å². The molecule has 3 fully saturated rings. The maximum atomic E-state index is 13.8. The molecule has 162 valence electrons. The van der Waals surface area contributed by atoms with Crippen LogP contribution in [0.5, 0.6) is 0 Å². The molecule has 0 aromatic carbocycles. The number of rotatable bonds is 9. The lowest BCUT2D eigenvalue weighted by Gasteiger charge is -2.40. The number of carbonyl (C=O) groups excluding carboxylic acids is 2. The molecule has 0 aromatic rings. The lowest BCUT2D eigenvalue weighted by molar-refractivity contribution is -0.153. The van der Waals surface area contributed by atoms with Crippen LogP contribution >= 0.6 is 0 Å². The van der Waals surface area contributed by atoms with Gasteiger partial charge in [-0.3, -0.25) is 14.4 Å². The first-order chi connectivity index (χ1) is 13.7. The Balaban J connectivity index is 2.06. The summed E-state index contributed by atoms with van der Waals surface area (Å²) in [6, 6.07) is -1.60. The standard InChI is InChI=1S/C21H32N2O6/c1-5-7-12(3)22(10-6-2)19(26)17-21-9-8-14(29-21)15(20(27)28)16(21)18(25)23(17)13(4)11-24/h6,12-17,24H,2,5,7-11H2,1,3-4H3,(H,27,28)/t12?,13-,14+,15-,16-,17+,21-/m1/s1. The number of hydrogen-bond acceptors (Lipinski definition) is 5. The summed E-state index contributed by atoms with van der Waals surface area (Å²) in [5, 5.41) is 19.5. The third-order valence-electron chi connectivity index (χ3n) is 6.84. The lowest BCUT2D eigenvalue weighted by Crippen LogP contribution is -2.59. The number of ether oxygens (including phenoxy) is 1. The molecule has 8 nitrogen and oxygen atoms in total.